The van der Waals surface area contributed by atoms with Crippen LogP contribution in [0.15, 0.2) is 42.9 Å². The molecule has 12 heteroatoms. The molecule has 1 amide bonds. The molecule has 46 heavy (non-hydrogen) atoms. The minimum Gasteiger partial charge on any atom is -0.434 e. The molecule has 11 nitrogen and oxygen atoms in total. The fraction of sp³-hybridized carbons (Fsp3) is 0.529. The number of hydrogen-bond donors (Lipinski definition) is 0. The Balaban J connectivity index is 1.02. The van der Waals surface area contributed by atoms with Gasteiger partial charge in [-0.3, -0.25) is 4.79 Å². The summed E-state index contributed by atoms with van der Waals surface area (Å²) in [5.41, 5.74) is 0.978. The zero-order chi connectivity index (χ0) is 32.3. The lowest BCUT2D eigenvalue weighted by Crippen LogP contribution is -2.61. The summed E-state index contributed by atoms with van der Waals surface area (Å²) in [5, 5.41) is 17.2. The Labute approximate surface area is 270 Å². The van der Waals surface area contributed by atoms with Crippen molar-refractivity contribution < 1.29 is 13.9 Å². The highest BCUT2D eigenvalue weighted by Gasteiger charge is 2.46. The molecule has 0 radical (unpaired) electrons. The van der Waals surface area contributed by atoms with E-state index in [1.165, 1.54) is 24.5 Å². The van der Waals surface area contributed by atoms with E-state index < -0.39 is 5.82 Å². The van der Waals surface area contributed by atoms with Crippen LogP contribution in [0.1, 0.15) is 62.4 Å². The summed E-state index contributed by atoms with van der Waals surface area (Å²) in [5.74, 6) is 1.87. The van der Waals surface area contributed by atoms with Crippen molar-refractivity contribution >= 4 is 17.5 Å². The van der Waals surface area contributed by atoms with Gasteiger partial charge in [-0.2, -0.15) is 5.26 Å². The van der Waals surface area contributed by atoms with Crippen molar-refractivity contribution in [2.24, 2.45) is 11.3 Å². The molecule has 0 N–H and O–H groups in total. The number of hydrogen-bond acceptors (Lipinski definition) is 10. The largest absolute Gasteiger partial charge is 0.434 e. The molecular formula is C34H42FN9O2. The maximum Gasteiger partial charge on any atom is 0.282 e. The monoisotopic (exact) mass is 627 g/mol. The number of rotatable bonds is 9. The molecule has 0 unspecified atom stereocenters. The lowest BCUT2D eigenvalue weighted by Gasteiger charge is -2.54. The second kappa shape index (κ2) is 13.5. The average Bonchev–Trinajstić information content (AvgIpc) is 3.06. The van der Waals surface area contributed by atoms with E-state index in [2.05, 4.69) is 40.9 Å². The number of carbonyl (C=O) groups is 1. The van der Waals surface area contributed by atoms with Gasteiger partial charge in [-0.05, 0) is 95.8 Å². The van der Waals surface area contributed by atoms with Crippen molar-refractivity contribution in [3.8, 4) is 17.7 Å². The number of amides is 1. The maximum absolute atomic E-state index is 14.3. The van der Waals surface area contributed by atoms with Crippen molar-refractivity contribution in [3.63, 3.8) is 0 Å². The fourth-order valence-electron chi connectivity index (χ4n) is 7.09. The number of pyridine rings is 1. The molecule has 0 aliphatic carbocycles. The highest BCUT2D eigenvalue weighted by atomic mass is 19.1. The summed E-state index contributed by atoms with van der Waals surface area (Å²) in [6.07, 6.45) is 7.62. The van der Waals surface area contributed by atoms with Gasteiger partial charge in [-0.1, -0.05) is 0 Å². The molecule has 3 aliphatic heterocycles. The standard InChI is InChI=1S/C34H42FN9O2/c1-4-44(24(2)3)33(45)28-17-27(35)6-7-29(28)46-32-31(38-23-39-40-32)43-21-34(22-43)11-15-41(16-12-34)20-25-9-13-42(14-10-25)30-8-5-26(18-36)19-37-30/h5-8,17,19,23-25H,4,9-16,20-22H2,1-3H3. The van der Waals surface area contributed by atoms with Gasteiger partial charge in [-0.25, -0.2) is 14.4 Å². The minimum atomic E-state index is -0.505. The maximum atomic E-state index is 14.3. The van der Waals surface area contributed by atoms with Gasteiger partial charge in [0.05, 0.1) is 11.1 Å². The predicted octanol–water partition coefficient (Wildman–Crippen LogP) is 4.76. The lowest BCUT2D eigenvalue weighted by atomic mass is 9.72. The summed E-state index contributed by atoms with van der Waals surface area (Å²) in [7, 11) is 0. The van der Waals surface area contributed by atoms with E-state index in [0.29, 0.717) is 23.8 Å². The smallest absolute Gasteiger partial charge is 0.282 e. The third kappa shape index (κ3) is 6.75. The van der Waals surface area contributed by atoms with Crippen LogP contribution in [0.2, 0.25) is 0 Å². The summed E-state index contributed by atoms with van der Waals surface area (Å²) in [6, 6.07) is 9.85. The van der Waals surface area contributed by atoms with E-state index in [0.717, 1.165) is 77.3 Å². The van der Waals surface area contributed by atoms with E-state index in [-0.39, 0.29) is 34.6 Å². The SMILES string of the molecule is CCN(C(=O)c1cc(F)ccc1Oc1nncnc1N1CC2(CCN(CC3CCN(c4ccc(C#N)cn4)CC3)CC2)C1)C(C)C. The minimum absolute atomic E-state index is 0.0447. The first kappa shape index (κ1) is 31.6. The molecule has 1 aromatic carbocycles. The third-order valence-electron chi connectivity index (χ3n) is 9.78. The Bertz CT molecular complexity index is 1550. The van der Waals surface area contributed by atoms with Crippen LogP contribution in [0.25, 0.3) is 0 Å². The van der Waals surface area contributed by atoms with Gasteiger partial charge in [0.1, 0.15) is 29.8 Å². The van der Waals surface area contributed by atoms with Crippen LogP contribution < -0.4 is 14.5 Å². The Hall–Kier alpha value is -4.37. The molecule has 0 saturated carbocycles. The second-order valence-corrected chi connectivity index (χ2v) is 13.1. The number of likely N-dealkylation sites (tertiary alicyclic amines) is 1. The lowest BCUT2D eigenvalue weighted by molar-refractivity contribution is 0.0640. The van der Waals surface area contributed by atoms with E-state index in [4.69, 9.17) is 10.00 Å². The number of aromatic nitrogens is 4. The first-order valence-corrected chi connectivity index (χ1v) is 16.3. The molecule has 3 fully saturated rings. The molecule has 6 rings (SSSR count). The van der Waals surface area contributed by atoms with E-state index in [9.17, 15) is 9.18 Å². The molecule has 242 valence electrons. The molecule has 5 heterocycles. The quantitative estimate of drug-likeness (QED) is 0.329. The van der Waals surface area contributed by atoms with Gasteiger partial charge in [0.15, 0.2) is 5.82 Å². The molecule has 2 aromatic heterocycles. The first-order chi connectivity index (χ1) is 22.3. The third-order valence-corrected chi connectivity index (χ3v) is 9.78. The summed E-state index contributed by atoms with van der Waals surface area (Å²) < 4.78 is 20.4. The first-order valence-electron chi connectivity index (χ1n) is 16.3. The van der Waals surface area contributed by atoms with Gasteiger partial charge in [0.2, 0.25) is 0 Å². The van der Waals surface area contributed by atoms with E-state index >= 15 is 0 Å². The number of piperidine rings is 2. The van der Waals surface area contributed by atoms with Gasteiger partial charge in [0, 0.05) is 56.9 Å². The number of carbonyl (C=O) groups excluding carboxylic acids is 1. The van der Waals surface area contributed by atoms with Gasteiger partial charge in [-0.15, -0.1) is 10.2 Å². The molecule has 0 bridgehead atoms. The highest BCUT2D eigenvalue weighted by molar-refractivity contribution is 5.97. The molecule has 3 aromatic rings. The topological polar surface area (TPSA) is 115 Å². The number of anilines is 2. The average molecular weight is 628 g/mol. The van der Waals surface area contributed by atoms with Crippen LogP contribution in [0.5, 0.6) is 11.6 Å². The van der Waals surface area contributed by atoms with Crippen LogP contribution in [0.4, 0.5) is 16.0 Å². The Morgan fingerprint density at radius 3 is 2.52 bits per heavy atom. The summed E-state index contributed by atoms with van der Waals surface area (Å²) in [6.45, 7) is 13.3. The Kier molecular flexibility index (Phi) is 9.31. The zero-order valence-electron chi connectivity index (χ0n) is 26.9. The van der Waals surface area contributed by atoms with Crippen molar-refractivity contribution in [2.75, 3.05) is 62.2 Å². The van der Waals surface area contributed by atoms with Crippen molar-refractivity contribution in [3.05, 3.63) is 59.8 Å². The Morgan fingerprint density at radius 2 is 1.87 bits per heavy atom. The van der Waals surface area contributed by atoms with Crippen LogP contribution in [-0.2, 0) is 0 Å². The number of halogens is 1. The number of ether oxygens (including phenoxy) is 1. The second-order valence-electron chi connectivity index (χ2n) is 13.1. The van der Waals surface area contributed by atoms with E-state index in [1.54, 1.807) is 11.1 Å². The number of benzene rings is 1. The number of nitrogens with zero attached hydrogens (tertiary/aromatic N) is 9. The van der Waals surface area contributed by atoms with Crippen molar-refractivity contribution in [1.29, 1.82) is 5.26 Å². The van der Waals surface area contributed by atoms with Crippen LogP contribution in [-0.4, -0.2) is 94.3 Å². The van der Waals surface area contributed by atoms with Gasteiger partial charge < -0.3 is 24.3 Å². The predicted molar refractivity (Wildman–Crippen MR) is 172 cm³/mol. The van der Waals surface area contributed by atoms with Crippen molar-refractivity contribution in [1.82, 2.24) is 30.0 Å². The number of nitriles is 1. The van der Waals surface area contributed by atoms with E-state index in [1.807, 2.05) is 32.9 Å². The molecule has 0 atom stereocenters. The van der Waals surface area contributed by atoms with Crippen molar-refractivity contribution in [2.45, 2.75) is 52.5 Å². The Morgan fingerprint density at radius 1 is 1.11 bits per heavy atom. The summed E-state index contributed by atoms with van der Waals surface area (Å²) >= 11 is 0. The van der Waals surface area contributed by atoms with Gasteiger partial charge >= 0.3 is 0 Å². The molecule has 3 saturated heterocycles. The molecular weight excluding hydrogens is 585 g/mol. The summed E-state index contributed by atoms with van der Waals surface area (Å²) in [4.78, 5) is 31.1. The van der Waals surface area contributed by atoms with Crippen LogP contribution >= 0.6 is 0 Å². The molecule has 1 spiro atoms. The normalized spacial score (nSPS) is 18.3. The highest BCUT2D eigenvalue weighted by Crippen LogP contribution is 2.44. The van der Waals surface area contributed by atoms with Gasteiger partial charge in [0.25, 0.3) is 11.8 Å². The van der Waals surface area contributed by atoms with Crippen LogP contribution in [0.3, 0.4) is 0 Å². The fourth-order valence-corrected chi connectivity index (χ4v) is 7.09. The molecule has 3 aliphatic rings. The van der Waals surface area contributed by atoms with Crippen LogP contribution in [0, 0.1) is 28.5 Å². The zero-order valence-corrected chi connectivity index (χ0v) is 26.9.